The number of rotatable bonds is 4. The molecule has 0 aromatic heterocycles. The number of hydrogen-bond donors (Lipinski definition) is 0. The number of carbonyl (C=O) groups is 1. The molecule has 160 valence electrons. The van der Waals surface area contributed by atoms with Crippen LogP contribution < -0.4 is 4.90 Å². The zero-order valence-electron chi connectivity index (χ0n) is 17.6. The molecule has 1 unspecified atom stereocenters. The zero-order valence-corrected chi connectivity index (χ0v) is 19.2. The molecule has 0 saturated heterocycles. The van der Waals surface area contributed by atoms with E-state index in [1.807, 2.05) is 36.4 Å². The Kier molecular flexibility index (Phi) is 6.42. The van der Waals surface area contributed by atoms with Crippen LogP contribution >= 0.6 is 15.9 Å². The quantitative estimate of drug-likeness (QED) is 0.385. The van der Waals surface area contributed by atoms with Crippen LogP contribution in [0.1, 0.15) is 54.5 Å². The van der Waals surface area contributed by atoms with E-state index < -0.39 is 12.1 Å². The average Bonchev–Trinajstić information content (AvgIpc) is 2.77. The van der Waals surface area contributed by atoms with Crippen LogP contribution in [-0.2, 0) is 17.8 Å². The number of nitrogens with zero attached hydrogens (tertiary/aromatic N) is 1. The van der Waals surface area contributed by atoms with Gasteiger partial charge >= 0.3 is 6.09 Å². The van der Waals surface area contributed by atoms with Crippen LogP contribution in [0.25, 0.3) is 0 Å². The van der Waals surface area contributed by atoms with Crippen molar-refractivity contribution in [2.75, 3.05) is 4.90 Å². The summed E-state index contributed by atoms with van der Waals surface area (Å²) in [5.41, 5.74) is 4.45. The second-order valence-electron chi connectivity index (χ2n) is 8.15. The van der Waals surface area contributed by atoms with E-state index in [0.29, 0.717) is 17.9 Å². The second-order valence-corrected chi connectivity index (χ2v) is 9.01. The fraction of sp³-hybridized carbons (Fsp3) is 0.269. The lowest BCUT2D eigenvalue weighted by Crippen LogP contribution is -2.39. The molecule has 5 heteroatoms. The Labute approximate surface area is 191 Å². The molecule has 1 amide bonds. The van der Waals surface area contributed by atoms with Gasteiger partial charge in [-0.25, -0.2) is 9.18 Å². The SMILES string of the molecule is CC(C)c1cc(Br)c2c(c1)CCC(c1ccccc1F)N2C(=O)OCc1ccccc1. The first kappa shape index (κ1) is 21.6. The number of aryl methyl sites for hydroxylation is 1. The van der Waals surface area contributed by atoms with Gasteiger partial charge in [0.25, 0.3) is 0 Å². The van der Waals surface area contributed by atoms with Gasteiger partial charge in [-0.1, -0.05) is 68.4 Å². The van der Waals surface area contributed by atoms with Gasteiger partial charge in [0.1, 0.15) is 12.4 Å². The molecule has 3 aromatic carbocycles. The van der Waals surface area contributed by atoms with Crippen LogP contribution in [0.5, 0.6) is 0 Å². The molecule has 4 rings (SSSR count). The van der Waals surface area contributed by atoms with Crippen LogP contribution in [0.2, 0.25) is 0 Å². The smallest absolute Gasteiger partial charge is 0.415 e. The van der Waals surface area contributed by atoms with Gasteiger partial charge in [0.2, 0.25) is 0 Å². The third-order valence-electron chi connectivity index (χ3n) is 5.74. The Morgan fingerprint density at radius 3 is 2.55 bits per heavy atom. The number of hydrogen-bond acceptors (Lipinski definition) is 2. The Bertz CT molecular complexity index is 1080. The highest BCUT2D eigenvalue weighted by molar-refractivity contribution is 9.10. The Morgan fingerprint density at radius 2 is 1.84 bits per heavy atom. The van der Waals surface area contributed by atoms with Crippen molar-refractivity contribution in [1.29, 1.82) is 0 Å². The number of fused-ring (bicyclic) bond motifs is 1. The van der Waals surface area contributed by atoms with Crippen LogP contribution in [0.15, 0.2) is 71.2 Å². The fourth-order valence-electron chi connectivity index (χ4n) is 4.10. The minimum Gasteiger partial charge on any atom is -0.444 e. The maximum Gasteiger partial charge on any atom is 0.415 e. The molecule has 0 saturated carbocycles. The Hall–Kier alpha value is -2.66. The molecule has 0 fully saturated rings. The number of anilines is 1. The highest BCUT2D eigenvalue weighted by Crippen LogP contribution is 2.45. The van der Waals surface area contributed by atoms with E-state index in [4.69, 9.17) is 4.74 Å². The van der Waals surface area contributed by atoms with E-state index in [0.717, 1.165) is 27.7 Å². The lowest BCUT2D eigenvalue weighted by Gasteiger charge is -2.38. The molecule has 1 aliphatic heterocycles. The minimum absolute atomic E-state index is 0.164. The molecule has 0 spiro atoms. The third kappa shape index (κ3) is 4.52. The molecular formula is C26H25BrFNO2. The Morgan fingerprint density at radius 1 is 1.13 bits per heavy atom. The summed E-state index contributed by atoms with van der Waals surface area (Å²) in [4.78, 5) is 15.0. The van der Waals surface area contributed by atoms with E-state index in [-0.39, 0.29) is 12.4 Å². The topological polar surface area (TPSA) is 29.5 Å². The van der Waals surface area contributed by atoms with Crippen LogP contribution in [-0.4, -0.2) is 6.09 Å². The van der Waals surface area contributed by atoms with E-state index in [1.54, 1.807) is 23.1 Å². The van der Waals surface area contributed by atoms with E-state index in [2.05, 4.69) is 35.8 Å². The number of carbonyl (C=O) groups excluding carboxylic acids is 1. The van der Waals surface area contributed by atoms with Gasteiger partial charge in [-0.3, -0.25) is 4.90 Å². The maximum atomic E-state index is 14.7. The first-order valence-corrected chi connectivity index (χ1v) is 11.3. The monoisotopic (exact) mass is 481 g/mol. The van der Waals surface area contributed by atoms with Crippen LogP contribution in [0.3, 0.4) is 0 Å². The number of halogens is 2. The molecule has 3 nitrogen and oxygen atoms in total. The molecule has 0 radical (unpaired) electrons. The average molecular weight is 482 g/mol. The first-order chi connectivity index (χ1) is 15.0. The lowest BCUT2D eigenvalue weighted by atomic mass is 9.89. The second kappa shape index (κ2) is 9.23. The summed E-state index contributed by atoms with van der Waals surface area (Å²) in [5, 5.41) is 0. The highest BCUT2D eigenvalue weighted by atomic mass is 79.9. The van der Waals surface area contributed by atoms with Gasteiger partial charge in [0.15, 0.2) is 0 Å². The van der Waals surface area contributed by atoms with Crippen molar-refractivity contribution in [2.24, 2.45) is 0 Å². The highest BCUT2D eigenvalue weighted by Gasteiger charge is 2.36. The third-order valence-corrected chi connectivity index (χ3v) is 6.34. The summed E-state index contributed by atoms with van der Waals surface area (Å²) in [7, 11) is 0. The van der Waals surface area contributed by atoms with E-state index in [1.165, 1.54) is 11.6 Å². The fourth-order valence-corrected chi connectivity index (χ4v) is 4.81. The maximum absolute atomic E-state index is 14.7. The summed E-state index contributed by atoms with van der Waals surface area (Å²) in [6.45, 7) is 4.45. The zero-order chi connectivity index (χ0) is 22.0. The van der Waals surface area contributed by atoms with Gasteiger partial charge in [0, 0.05) is 10.0 Å². The predicted octanol–water partition coefficient (Wildman–Crippen LogP) is 7.54. The van der Waals surface area contributed by atoms with Crippen molar-refractivity contribution in [3.63, 3.8) is 0 Å². The molecular weight excluding hydrogens is 457 g/mol. The van der Waals surface area contributed by atoms with Crippen molar-refractivity contribution in [1.82, 2.24) is 0 Å². The van der Waals surface area contributed by atoms with Gasteiger partial charge in [-0.05, 0) is 63.5 Å². The number of benzene rings is 3. The molecule has 0 N–H and O–H groups in total. The van der Waals surface area contributed by atoms with Gasteiger partial charge in [-0.15, -0.1) is 0 Å². The van der Waals surface area contributed by atoms with Crippen molar-refractivity contribution >= 4 is 27.7 Å². The van der Waals surface area contributed by atoms with E-state index >= 15 is 0 Å². The molecule has 0 aliphatic carbocycles. The standard InChI is InChI=1S/C26H25BrFNO2/c1-17(2)20-14-19-12-13-24(21-10-6-7-11-23(21)28)29(25(19)22(27)15-20)26(30)31-16-18-8-4-3-5-9-18/h3-11,14-15,17,24H,12-13,16H2,1-2H3. The Balaban J connectivity index is 1.74. The molecule has 3 aromatic rings. The molecule has 1 atom stereocenters. The normalized spacial score (nSPS) is 15.6. The predicted molar refractivity (Wildman–Crippen MR) is 125 cm³/mol. The summed E-state index contributed by atoms with van der Waals surface area (Å²) in [6.07, 6.45) is 0.911. The summed E-state index contributed by atoms with van der Waals surface area (Å²) in [5.74, 6) is 0.0519. The number of amides is 1. The van der Waals surface area contributed by atoms with Crippen molar-refractivity contribution in [3.8, 4) is 0 Å². The molecule has 31 heavy (non-hydrogen) atoms. The van der Waals surface area contributed by atoms with Gasteiger partial charge < -0.3 is 4.74 Å². The van der Waals surface area contributed by atoms with Gasteiger partial charge in [-0.2, -0.15) is 0 Å². The first-order valence-electron chi connectivity index (χ1n) is 10.5. The van der Waals surface area contributed by atoms with E-state index in [9.17, 15) is 9.18 Å². The van der Waals surface area contributed by atoms with Crippen LogP contribution in [0, 0.1) is 5.82 Å². The summed E-state index contributed by atoms with van der Waals surface area (Å²) >= 11 is 3.68. The summed E-state index contributed by atoms with van der Waals surface area (Å²) in [6, 6.07) is 20.0. The van der Waals surface area contributed by atoms with Crippen LogP contribution in [0.4, 0.5) is 14.9 Å². The lowest BCUT2D eigenvalue weighted by molar-refractivity contribution is 0.143. The minimum atomic E-state index is -0.476. The van der Waals surface area contributed by atoms with Gasteiger partial charge in [0.05, 0.1) is 11.7 Å². The number of ether oxygens (including phenoxy) is 1. The van der Waals surface area contributed by atoms with Crippen molar-refractivity contribution in [2.45, 2.75) is 45.3 Å². The largest absolute Gasteiger partial charge is 0.444 e. The van der Waals surface area contributed by atoms with Crippen molar-refractivity contribution in [3.05, 3.63) is 99.3 Å². The molecule has 1 aliphatic rings. The summed E-state index contributed by atoms with van der Waals surface area (Å²) < 4.78 is 21.2. The molecule has 0 bridgehead atoms. The van der Waals surface area contributed by atoms with Crippen molar-refractivity contribution < 1.29 is 13.9 Å². The molecule has 1 heterocycles.